The molecule has 1 heterocycles. The Morgan fingerprint density at radius 2 is 2.03 bits per heavy atom. The van der Waals surface area contributed by atoms with Gasteiger partial charge in [0.15, 0.2) is 0 Å². The van der Waals surface area contributed by atoms with Crippen molar-refractivity contribution in [3.63, 3.8) is 0 Å². The predicted molar refractivity (Wildman–Crippen MR) is 108 cm³/mol. The average Bonchev–Trinajstić information content (AvgIpc) is 3.16. The van der Waals surface area contributed by atoms with Crippen LogP contribution in [-0.4, -0.2) is 32.4 Å². The zero-order valence-electron chi connectivity index (χ0n) is 15.5. The molecule has 0 fully saturated rings. The van der Waals surface area contributed by atoms with Crippen LogP contribution in [0.15, 0.2) is 59.6 Å². The molecule has 9 heteroatoms. The highest BCUT2D eigenvalue weighted by Gasteiger charge is 2.22. The summed E-state index contributed by atoms with van der Waals surface area (Å²) < 4.78 is 5.28. The third-order valence-electron chi connectivity index (χ3n) is 4.13. The van der Waals surface area contributed by atoms with Crippen LogP contribution >= 0.6 is 11.6 Å². The maximum atomic E-state index is 12.9. The van der Waals surface area contributed by atoms with Gasteiger partial charge in [-0.15, -0.1) is 6.58 Å². The zero-order chi connectivity index (χ0) is 21.0. The molecule has 0 saturated heterocycles. The summed E-state index contributed by atoms with van der Waals surface area (Å²) in [5.74, 6) is 0.230. The van der Waals surface area contributed by atoms with Crippen molar-refractivity contribution in [1.82, 2.24) is 15.0 Å². The fourth-order valence-electron chi connectivity index (χ4n) is 2.64. The van der Waals surface area contributed by atoms with Gasteiger partial charge in [0.2, 0.25) is 11.7 Å². The zero-order valence-corrected chi connectivity index (χ0v) is 16.3. The number of nitrogens with zero attached hydrogens (tertiary/aromatic N) is 4. The van der Waals surface area contributed by atoms with Crippen LogP contribution in [0.1, 0.15) is 21.8 Å². The first-order valence-corrected chi connectivity index (χ1v) is 9.00. The number of benzene rings is 2. The number of hydrogen-bond donors (Lipinski definition) is 0. The number of rotatable bonds is 7. The van der Waals surface area contributed by atoms with Crippen LogP contribution < -0.4 is 0 Å². The number of halogens is 1. The number of aromatic nitrogens is 2. The number of non-ortho nitro benzene ring substituents is 1. The summed E-state index contributed by atoms with van der Waals surface area (Å²) in [6.45, 7) is 5.88. The molecule has 1 amide bonds. The highest BCUT2D eigenvalue weighted by atomic mass is 35.5. The van der Waals surface area contributed by atoms with Gasteiger partial charge in [0.1, 0.15) is 6.54 Å². The lowest BCUT2D eigenvalue weighted by Gasteiger charge is -2.19. The predicted octanol–water partition coefficient (Wildman–Crippen LogP) is 4.44. The molecule has 3 rings (SSSR count). The summed E-state index contributed by atoms with van der Waals surface area (Å²) in [4.78, 5) is 28.9. The first-order chi connectivity index (χ1) is 13.9. The summed E-state index contributed by atoms with van der Waals surface area (Å²) in [5.41, 5.74) is 1.85. The van der Waals surface area contributed by atoms with Gasteiger partial charge in [-0.05, 0) is 13.0 Å². The van der Waals surface area contributed by atoms with E-state index in [1.54, 1.807) is 6.08 Å². The lowest BCUT2D eigenvalue weighted by Crippen LogP contribution is -2.31. The van der Waals surface area contributed by atoms with Crippen molar-refractivity contribution < 1.29 is 14.2 Å². The third-order valence-corrected chi connectivity index (χ3v) is 4.45. The first kappa shape index (κ1) is 20.2. The van der Waals surface area contributed by atoms with E-state index in [0.717, 1.165) is 17.2 Å². The summed E-state index contributed by atoms with van der Waals surface area (Å²) in [6.07, 6.45) is 1.55. The molecule has 0 spiro atoms. The van der Waals surface area contributed by atoms with E-state index < -0.39 is 10.8 Å². The molecule has 8 nitrogen and oxygen atoms in total. The molecule has 1 aromatic heterocycles. The molecule has 148 valence electrons. The molecule has 0 bridgehead atoms. The number of amides is 1. The minimum Gasteiger partial charge on any atom is -0.337 e. The molecule has 0 aliphatic heterocycles. The fraction of sp³-hybridized carbons (Fsp3) is 0.150. The molecule has 0 aliphatic rings. The molecule has 0 atom stereocenters. The molecule has 0 aliphatic carbocycles. The highest BCUT2D eigenvalue weighted by molar-refractivity contribution is 6.34. The lowest BCUT2D eigenvalue weighted by atomic mass is 10.1. The van der Waals surface area contributed by atoms with E-state index in [0.29, 0.717) is 5.82 Å². The summed E-state index contributed by atoms with van der Waals surface area (Å²) >= 11 is 6.08. The van der Waals surface area contributed by atoms with Gasteiger partial charge in [-0.3, -0.25) is 14.9 Å². The van der Waals surface area contributed by atoms with E-state index >= 15 is 0 Å². The summed E-state index contributed by atoms with van der Waals surface area (Å²) in [6, 6.07) is 11.3. The van der Waals surface area contributed by atoms with E-state index in [9.17, 15) is 14.9 Å². The van der Waals surface area contributed by atoms with Crippen molar-refractivity contribution in [2.75, 3.05) is 6.54 Å². The van der Waals surface area contributed by atoms with Gasteiger partial charge in [-0.1, -0.05) is 52.7 Å². The third kappa shape index (κ3) is 4.67. The molecule has 2 aromatic carbocycles. The van der Waals surface area contributed by atoms with E-state index in [4.69, 9.17) is 16.1 Å². The van der Waals surface area contributed by atoms with E-state index in [1.807, 2.05) is 31.2 Å². The average molecular weight is 413 g/mol. The van der Waals surface area contributed by atoms with E-state index in [1.165, 1.54) is 17.0 Å². The van der Waals surface area contributed by atoms with Crippen LogP contribution in [0.3, 0.4) is 0 Å². The number of nitro groups is 1. The van der Waals surface area contributed by atoms with Gasteiger partial charge in [0, 0.05) is 24.2 Å². The maximum absolute atomic E-state index is 12.9. The van der Waals surface area contributed by atoms with Gasteiger partial charge in [-0.2, -0.15) is 4.98 Å². The monoisotopic (exact) mass is 412 g/mol. The van der Waals surface area contributed by atoms with Gasteiger partial charge in [0.25, 0.3) is 11.6 Å². The van der Waals surface area contributed by atoms with Crippen molar-refractivity contribution in [3.05, 3.63) is 87.3 Å². The summed E-state index contributed by atoms with van der Waals surface area (Å²) in [5, 5.41) is 14.8. The normalized spacial score (nSPS) is 10.6. The Balaban J connectivity index is 1.81. The Morgan fingerprint density at radius 3 is 2.66 bits per heavy atom. The molecular weight excluding hydrogens is 396 g/mol. The smallest absolute Gasteiger partial charge is 0.270 e. The minimum absolute atomic E-state index is 0.0101. The van der Waals surface area contributed by atoms with Crippen molar-refractivity contribution in [1.29, 1.82) is 0 Å². The molecule has 0 N–H and O–H groups in total. The van der Waals surface area contributed by atoms with Crippen molar-refractivity contribution in [2.24, 2.45) is 0 Å². The van der Waals surface area contributed by atoms with Crippen LogP contribution in [0, 0.1) is 17.0 Å². The van der Waals surface area contributed by atoms with E-state index in [2.05, 4.69) is 16.7 Å². The maximum Gasteiger partial charge on any atom is 0.270 e. The number of nitro benzene ring substituents is 1. The van der Waals surface area contributed by atoms with Crippen LogP contribution in [-0.2, 0) is 6.54 Å². The topological polar surface area (TPSA) is 102 Å². The second kappa shape index (κ2) is 8.66. The van der Waals surface area contributed by atoms with Gasteiger partial charge in [0.05, 0.1) is 15.5 Å². The van der Waals surface area contributed by atoms with Crippen LogP contribution in [0.25, 0.3) is 11.4 Å². The van der Waals surface area contributed by atoms with Crippen molar-refractivity contribution in [2.45, 2.75) is 13.5 Å². The highest BCUT2D eigenvalue weighted by Crippen LogP contribution is 2.24. The van der Waals surface area contributed by atoms with Gasteiger partial charge >= 0.3 is 0 Å². The lowest BCUT2D eigenvalue weighted by molar-refractivity contribution is -0.384. The Kier molecular flexibility index (Phi) is 6.04. The number of aryl methyl sites for hydroxylation is 1. The Morgan fingerprint density at radius 1 is 1.31 bits per heavy atom. The number of carbonyl (C=O) groups excluding carboxylic acids is 1. The molecule has 3 aromatic rings. The molecule has 0 saturated carbocycles. The number of carbonyl (C=O) groups is 1. The standard InChI is InChI=1S/C20H17ClN4O4/c1-3-10-24(20(26)16-9-8-15(25(27)28)11-17(16)21)12-18-22-19(23-29-18)14-6-4-13(2)5-7-14/h3-9,11H,1,10,12H2,2H3. The van der Waals surface area contributed by atoms with Crippen LogP contribution in [0.5, 0.6) is 0 Å². The van der Waals surface area contributed by atoms with Gasteiger partial charge < -0.3 is 9.42 Å². The van der Waals surface area contributed by atoms with Gasteiger partial charge in [-0.25, -0.2) is 0 Å². The molecule has 0 radical (unpaired) electrons. The first-order valence-electron chi connectivity index (χ1n) is 8.62. The van der Waals surface area contributed by atoms with E-state index in [-0.39, 0.29) is 35.3 Å². The Bertz CT molecular complexity index is 1060. The molecule has 0 unspecified atom stereocenters. The Labute approximate surface area is 171 Å². The minimum atomic E-state index is -0.577. The molecular formula is C20H17ClN4O4. The van der Waals surface area contributed by atoms with Crippen LogP contribution in [0.4, 0.5) is 5.69 Å². The number of hydrogen-bond acceptors (Lipinski definition) is 6. The SMILES string of the molecule is C=CCN(Cc1nc(-c2ccc(C)cc2)no1)C(=O)c1ccc([N+](=O)[O-])cc1Cl. The molecule has 29 heavy (non-hydrogen) atoms. The van der Waals surface area contributed by atoms with Crippen LogP contribution in [0.2, 0.25) is 5.02 Å². The second-order valence-electron chi connectivity index (χ2n) is 6.27. The largest absolute Gasteiger partial charge is 0.337 e. The van der Waals surface area contributed by atoms with Crippen molar-refractivity contribution in [3.8, 4) is 11.4 Å². The summed E-state index contributed by atoms with van der Waals surface area (Å²) in [7, 11) is 0. The Hall–Kier alpha value is -3.52. The quantitative estimate of drug-likeness (QED) is 0.323. The fourth-order valence-corrected chi connectivity index (χ4v) is 2.89. The second-order valence-corrected chi connectivity index (χ2v) is 6.68. The van der Waals surface area contributed by atoms with Crippen molar-refractivity contribution >= 4 is 23.2 Å².